The number of aromatic amines is 1. The number of rotatable bonds is 7. The van der Waals surface area contributed by atoms with Gasteiger partial charge in [0, 0.05) is 43.3 Å². The summed E-state index contributed by atoms with van der Waals surface area (Å²) in [6.07, 6.45) is -7.81. The first kappa shape index (κ1) is 47.3. The van der Waals surface area contributed by atoms with Crippen molar-refractivity contribution in [3.05, 3.63) is 75.4 Å². The maximum absolute atomic E-state index is 14.8. The first-order valence-electron chi connectivity index (χ1n) is 19.7. The number of carbonyl (C=O) groups is 5. The number of aromatic nitrogens is 1. The Bertz CT molecular complexity index is 2150. The predicted molar refractivity (Wildman–Crippen MR) is 221 cm³/mol. The zero-order valence-electron chi connectivity index (χ0n) is 34.6. The molecule has 1 saturated heterocycles. The molecule has 7 N–H and O–H groups in total. The lowest BCUT2D eigenvalue weighted by Crippen LogP contribution is -2.58. The van der Waals surface area contributed by atoms with E-state index in [4.69, 9.17) is 42.1 Å². The number of methoxy groups -OCH3 is 1. The first-order chi connectivity index (χ1) is 28.7. The molecule has 332 valence electrons. The second kappa shape index (κ2) is 20.0. The minimum atomic E-state index is -1.99. The van der Waals surface area contributed by atoms with Crippen LogP contribution in [0.5, 0.6) is 5.75 Å². The second-order valence-electron chi connectivity index (χ2n) is 15.7. The van der Waals surface area contributed by atoms with Gasteiger partial charge >= 0.3 is 11.9 Å². The van der Waals surface area contributed by atoms with Crippen LogP contribution in [0.3, 0.4) is 0 Å². The number of carboxylic acid groups (broad SMARTS) is 1. The highest BCUT2D eigenvalue weighted by Crippen LogP contribution is 2.35. The quantitative estimate of drug-likeness (QED) is 0.133. The zero-order chi connectivity index (χ0) is 45.0. The van der Waals surface area contributed by atoms with Gasteiger partial charge in [0.15, 0.2) is 12.4 Å². The van der Waals surface area contributed by atoms with E-state index >= 15 is 0 Å². The lowest BCUT2D eigenvalue weighted by molar-refractivity contribution is -0.306. The molecule has 5 unspecified atom stereocenters. The van der Waals surface area contributed by atoms with Crippen molar-refractivity contribution in [2.75, 3.05) is 14.2 Å². The summed E-state index contributed by atoms with van der Waals surface area (Å²) in [5.74, 6) is -7.06. The van der Waals surface area contributed by atoms with Crippen LogP contribution in [0.2, 0.25) is 10.2 Å². The van der Waals surface area contributed by atoms with Gasteiger partial charge in [-0.1, -0.05) is 73.0 Å². The highest BCUT2D eigenvalue weighted by Gasteiger charge is 2.49. The van der Waals surface area contributed by atoms with Gasteiger partial charge < -0.3 is 59.9 Å². The smallest absolute Gasteiger partial charge is 0.338 e. The molecular weight excluding hydrogens is 839 g/mol. The third kappa shape index (κ3) is 10.7. The van der Waals surface area contributed by atoms with E-state index in [1.54, 1.807) is 26.0 Å². The number of aliphatic hydroxyl groups is 3. The molecule has 5 rings (SSSR count). The number of benzene rings is 2. The molecule has 17 nitrogen and oxygen atoms in total. The van der Waals surface area contributed by atoms with Crippen molar-refractivity contribution < 1.29 is 63.3 Å². The molecule has 1 fully saturated rings. The molecule has 61 heavy (non-hydrogen) atoms. The van der Waals surface area contributed by atoms with E-state index in [1.165, 1.54) is 44.2 Å². The van der Waals surface area contributed by atoms with Gasteiger partial charge in [-0.2, -0.15) is 0 Å². The number of carboxylic acids is 1. The Kier molecular flexibility index (Phi) is 15.5. The molecule has 12 atom stereocenters. The molecule has 0 bridgehead atoms. The minimum Gasteiger partial charge on any atom is -0.481 e. The average molecular weight is 892 g/mol. The molecule has 0 aliphatic carbocycles. The number of cyclic esters (lactones) is 1. The monoisotopic (exact) mass is 890 g/mol. The van der Waals surface area contributed by atoms with Gasteiger partial charge in [0.2, 0.25) is 24.0 Å². The Morgan fingerprint density at radius 1 is 0.967 bits per heavy atom. The number of aliphatic carboxylic acids is 1. The summed E-state index contributed by atoms with van der Waals surface area (Å²) in [5, 5.41) is 46.7. The summed E-state index contributed by atoms with van der Waals surface area (Å²) < 4.78 is 22.5. The predicted octanol–water partition coefficient (Wildman–Crippen LogP) is 3.25. The summed E-state index contributed by atoms with van der Waals surface area (Å²) in [5.41, 5.74) is 2.23. The van der Waals surface area contributed by atoms with E-state index in [0.717, 1.165) is 5.57 Å². The van der Waals surface area contributed by atoms with Crippen LogP contribution in [-0.2, 0) is 44.6 Å². The normalized spacial score (nSPS) is 32.2. The molecule has 2 aliphatic heterocycles. The number of fused-ring (bicyclic) bond motifs is 1. The molecule has 0 spiro atoms. The number of nitrogens with one attached hydrogen (secondary N) is 3. The number of hydrogen-bond donors (Lipinski definition) is 7. The van der Waals surface area contributed by atoms with Crippen LogP contribution in [0.4, 0.5) is 0 Å². The van der Waals surface area contributed by atoms with E-state index in [9.17, 15) is 44.4 Å². The summed E-state index contributed by atoms with van der Waals surface area (Å²) in [6.45, 7) is 8.64. The van der Waals surface area contributed by atoms with Crippen LogP contribution in [0.25, 0.3) is 10.9 Å². The summed E-state index contributed by atoms with van der Waals surface area (Å²) >= 11 is 13.4. The minimum absolute atomic E-state index is 0.118. The lowest BCUT2D eigenvalue weighted by Gasteiger charge is -2.38. The number of hydrogen-bond acceptors (Lipinski definition) is 12. The SMILES string of the molecule is CO[C@@H]1C(=O)O[C@H](C)[C@H](C)/C=C(\C)C[C@H](C)C(=O)N[C@@H](C)C(=O)N(C)[C@H](Cc2c(Cl)[nH]c3ccccc23)C(=O)N[C@H]1c1ccc(OC2OC(O)C(O)C(O)C2C(=O)O)c(Cl)c1. The Morgan fingerprint density at radius 3 is 2.31 bits per heavy atom. The Balaban J connectivity index is 1.59. The fourth-order valence-corrected chi connectivity index (χ4v) is 8.03. The number of allylic oxidation sites excluding steroid dienone is 1. The largest absolute Gasteiger partial charge is 0.481 e. The van der Waals surface area contributed by atoms with E-state index < -0.39 is 90.7 Å². The van der Waals surface area contributed by atoms with Crippen LogP contribution >= 0.6 is 23.2 Å². The Labute approximate surface area is 362 Å². The third-order valence-corrected chi connectivity index (χ3v) is 11.8. The summed E-state index contributed by atoms with van der Waals surface area (Å²) in [4.78, 5) is 72.7. The van der Waals surface area contributed by atoms with E-state index in [0.29, 0.717) is 22.9 Å². The first-order valence-corrected chi connectivity index (χ1v) is 20.4. The number of H-pyrrole nitrogens is 1. The number of para-hydroxylation sites is 1. The van der Waals surface area contributed by atoms with Crippen molar-refractivity contribution in [3.8, 4) is 5.75 Å². The van der Waals surface area contributed by atoms with E-state index in [2.05, 4.69) is 15.6 Å². The zero-order valence-corrected chi connectivity index (χ0v) is 36.1. The fraction of sp³-hybridized carbons (Fsp3) is 0.500. The van der Waals surface area contributed by atoms with Gasteiger partial charge in [0.05, 0.1) is 11.1 Å². The topological polar surface area (TPSA) is 246 Å². The van der Waals surface area contributed by atoms with Crippen molar-refractivity contribution in [2.24, 2.45) is 17.8 Å². The second-order valence-corrected chi connectivity index (χ2v) is 16.5. The van der Waals surface area contributed by atoms with Crippen molar-refractivity contribution in [1.82, 2.24) is 20.5 Å². The molecule has 2 aliphatic rings. The number of esters is 1. The highest BCUT2D eigenvalue weighted by molar-refractivity contribution is 6.32. The van der Waals surface area contributed by atoms with Gasteiger partial charge in [-0.05, 0) is 56.5 Å². The number of likely N-dealkylation sites (N-methyl/N-ethyl adjacent to an activating group) is 1. The van der Waals surface area contributed by atoms with Crippen molar-refractivity contribution >= 4 is 63.8 Å². The van der Waals surface area contributed by atoms with Crippen LogP contribution in [0, 0.1) is 17.8 Å². The van der Waals surface area contributed by atoms with Crippen molar-refractivity contribution in [3.63, 3.8) is 0 Å². The van der Waals surface area contributed by atoms with Crippen LogP contribution in [0.1, 0.15) is 58.2 Å². The highest BCUT2D eigenvalue weighted by atomic mass is 35.5. The molecule has 0 saturated carbocycles. The summed E-state index contributed by atoms with van der Waals surface area (Å²) in [6, 6.07) is 7.48. The summed E-state index contributed by atoms with van der Waals surface area (Å²) in [7, 11) is 2.66. The molecule has 0 radical (unpaired) electrons. The number of nitrogens with zero attached hydrogens (tertiary/aromatic N) is 1. The van der Waals surface area contributed by atoms with Crippen molar-refractivity contribution in [2.45, 2.75) is 103 Å². The van der Waals surface area contributed by atoms with Crippen LogP contribution < -0.4 is 15.4 Å². The number of aliphatic hydroxyl groups excluding tert-OH is 3. The number of amides is 3. The molecule has 3 amide bonds. The molecule has 2 aromatic carbocycles. The molecule has 3 heterocycles. The van der Waals surface area contributed by atoms with Gasteiger partial charge in [-0.25, -0.2) is 4.79 Å². The molecule has 1 aromatic heterocycles. The van der Waals surface area contributed by atoms with Crippen molar-refractivity contribution in [1.29, 1.82) is 0 Å². The molecule has 19 heteroatoms. The Morgan fingerprint density at radius 2 is 1.66 bits per heavy atom. The van der Waals surface area contributed by atoms with Gasteiger partial charge in [0.25, 0.3) is 0 Å². The Hall–Kier alpha value is -4.75. The third-order valence-electron chi connectivity index (χ3n) is 11.2. The number of ether oxygens (including phenoxy) is 4. The standard InChI is InChI=1S/C42H52Cl2N4O13/c1-18-14-19(2)22(5)59-41(57)34(58-7)31(23-12-13-29(26(43)16-23)60-42-30(39(54)55)32(49)33(50)40(56)61-42)47-37(52)28(17-25-24-10-8-9-11-27(24)46-35(25)44)48(6)38(53)21(4)45-36(51)20(3)15-18/h8-14,16,19-22,28,30-34,40,42,46,49-50,56H,15,17H2,1-7H3,(H,45,51)(H,47,52)(H,54,55)/b18-14+/t19-,20+,21+,22-,28-,30?,31+,32?,33?,34+,40?,42?/m1/s1. The lowest BCUT2D eigenvalue weighted by atomic mass is 9.94. The van der Waals surface area contributed by atoms with Crippen LogP contribution in [-0.4, -0.2) is 123 Å². The van der Waals surface area contributed by atoms with Gasteiger partial charge in [0.1, 0.15) is 47.2 Å². The van der Waals surface area contributed by atoms with Gasteiger partial charge in [-0.3, -0.25) is 19.2 Å². The maximum Gasteiger partial charge on any atom is 0.338 e. The molecule has 3 aromatic rings. The average Bonchev–Trinajstić information content (AvgIpc) is 3.52. The number of carbonyl (C=O) groups excluding carboxylic acids is 4. The maximum atomic E-state index is 14.8. The van der Waals surface area contributed by atoms with Gasteiger partial charge in [-0.15, -0.1) is 0 Å². The van der Waals surface area contributed by atoms with E-state index in [-0.39, 0.29) is 39.7 Å². The number of halogens is 2. The van der Waals surface area contributed by atoms with Crippen LogP contribution in [0.15, 0.2) is 54.1 Å². The molecular formula is C42H52Cl2N4O13. The van der Waals surface area contributed by atoms with E-state index in [1.807, 2.05) is 32.1 Å². The fourth-order valence-electron chi connectivity index (χ4n) is 7.52.